The van der Waals surface area contributed by atoms with Gasteiger partial charge in [-0.1, -0.05) is 42.5 Å². The number of carboxylic acid groups (broad SMARTS) is 1. The Morgan fingerprint density at radius 1 is 1.00 bits per heavy atom. The Labute approximate surface area is 140 Å². The van der Waals surface area contributed by atoms with Gasteiger partial charge in [0.1, 0.15) is 0 Å². The summed E-state index contributed by atoms with van der Waals surface area (Å²) in [6.07, 6.45) is 4.45. The second kappa shape index (κ2) is 8.48. The molecule has 0 atom stereocenters. The third kappa shape index (κ3) is 4.95. The number of aliphatic carboxylic acids is 1. The van der Waals surface area contributed by atoms with Gasteiger partial charge in [-0.15, -0.1) is 0 Å². The Kier molecular flexibility index (Phi) is 6.08. The molecule has 0 saturated carbocycles. The van der Waals surface area contributed by atoms with Crippen LogP contribution < -0.4 is 0 Å². The lowest BCUT2D eigenvalue weighted by molar-refractivity contribution is -0.131. The second-order valence-electron chi connectivity index (χ2n) is 4.98. The molecule has 0 unspecified atom stereocenters. The molecule has 0 amide bonds. The lowest BCUT2D eigenvalue weighted by Crippen LogP contribution is -2.04. The van der Waals surface area contributed by atoms with Crippen LogP contribution in [-0.4, -0.2) is 23.7 Å². The van der Waals surface area contributed by atoms with Crippen molar-refractivity contribution in [2.75, 3.05) is 6.61 Å². The number of carbonyl (C=O) groups excluding carboxylic acids is 1. The maximum absolute atomic E-state index is 11.9. The normalized spacial score (nSPS) is 11.5. The number of allylic oxidation sites excluding steroid dienone is 2. The Morgan fingerprint density at radius 2 is 1.71 bits per heavy atom. The van der Waals surface area contributed by atoms with Gasteiger partial charge in [0.05, 0.1) is 12.2 Å². The molecule has 24 heavy (non-hydrogen) atoms. The van der Waals surface area contributed by atoms with E-state index in [9.17, 15) is 9.59 Å². The SMILES string of the molecule is CCOC(=O)c1cccc(C(/C=C\C(=O)O)=C\c2ccccc2)c1. The highest BCUT2D eigenvalue weighted by atomic mass is 16.5. The van der Waals surface area contributed by atoms with Crippen LogP contribution in [0.15, 0.2) is 66.7 Å². The Bertz CT molecular complexity index is 773. The third-order valence-electron chi connectivity index (χ3n) is 3.23. The molecule has 0 fully saturated rings. The molecule has 4 nitrogen and oxygen atoms in total. The van der Waals surface area contributed by atoms with Crippen molar-refractivity contribution >= 4 is 23.6 Å². The zero-order chi connectivity index (χ0) is 17.4. The van der Waals surface area contributed by atoms with Crippen molar-refractivity contribution in [1.82, 2.24) is 0 Å². The number of hydrogen-bond acceptors (Lipinski definition) is 3. The summed E-state index contributed by atoms with van der Waals surface area (Å²) in [5.41, 5.74) is 2.79. The van der Waals surface area contributed by atoms with Crippen LogP contribution in [0.2, 0.25) is 0 Å². The van der Waals surface area contributed by atoms with E-state index in [1.54, 1.807) is 25.1 Å². The first-order chi connectivity index (χ1) is 11.6. The predicted octanol–water partition coefficient (Wildman–Crippen LogP) is 4.04. The summed E-state index contributed by atoms with van der Waals surface area (Å²) in [6.45, 7) is 2.05. The average Bonchev–Trinajstić information content (AvgIpc) is 2.59. The van der Waals surface area contributed by atoms with E-state index in [1.807, 2.05) is 42.5 Å². The van der Waals surface area contributed by atoms with Gasteiger partial charge in [0.2, 0.25) is 0 Å². The van der Waals surface area contributed by atoms with E-state index >= 15 is 0 Å². The molecule has 0 radical (unpaired) electrons. The quantitative estimate of drug-likeness (QED) is 0.377. The van der Waals surface area contributed by atoms with Crippen LogP contribution in [0.1, 0.15) is 28.4 Å². The van der Waals surface area contributed by atoms with Crippen molar-refractivity contribution in [1.29, 1.82) is 0 Å². The van der Waals surface area contributed by atoms with E-state index in [0.29, 0.717) is 17.7 Å². The molecular formula is C20H18O4. The first-order valence-electron chi connectivity index (χ1n) is 7.55. The molecule has 0 aliphatic heterocycles. The largest absolute Gasteiger partial charge is 0.478 e. The van der Waals surface area contributed by atoms with Crippen LogP contribution in [0, 0.1) is 0 Å². The lowest BCUT2D eigenvalue weighted by Gasteiger charge is -2.07. The molecular weight excluding hydrogens is 304 g/mol. The molecule has 122 valence electrons. The van der Waals surface area contributed by atoms with Crippen LogP contribution in [0.3, 0.4) is 0 Å². The monoisotopic (exact) mass is 322 g/mol. The Hall–Kier alpha value is -3.14. The van der Waals surface area contributed by atoms with Crippen LogP contribution >= 0.6 is 0 Å². The van der Waals surface area contributed by atoms with E-state index in [-0.39, 0.29) is 0 Å². The highest BCUT2D eigenvalue weighted by molar-refractivity contribution is 5.95. The smallest absolute Gasteiger partial charge is 0.338 e. The summed E-state index contributed by atoms with van der Waals surface area (Å²) in [5, 5.41) is 8.90. The number of hydrogen-bond donors (Lipinski definition) is 1. The van der Waals surface area contributed by atoms with E-state index < -0.39 is 11.9 Å². The maximum atomic E-state index is 11.9. The predicted molar refractivity (Wildman–Crippen MR) is 93.5 cm³/mol. The standard InChI is InChI=1S/C20H18O4/c1-2-24-20(23)18-10-6-9-16(14-18)17(11-12-19(21)22)13-15-7-4-3-5-8-15/h3-14H,2H2,1H3,(H,21,22)/b12-11-,17-13-. The van der Waals surface area contributed by atoms with E-state index in [2.05, 4.69) is 0 Å². The van der Waals surface area contributed by atoms with Crippen molar-refractivity contribution in [2.24, 2.45) is 0 Å². The number of rotatable bonds is 6. The molecule has 0 bridgehead atoms. The fraction of sp³-hybridized carbons (Fsp3) is 0.100. The Balaban J connectivity index is 2.44. The van der Waals surface area contributed by atoms with Gasteiger partial charge < -0.3 is 9.84 Å². The minimum atomic E-state index is -1.03. The third-order valence-corrected chi connectivity index (χ3v) is 3.23. The van der Waals surface area contributed by atoms with Gasteiger partial charge in [0, 0.05) is 6.08 Å². The summed E-state index contributed by atoms with van der Waals surface area (Å²) in [6, 6.07) is 16.5. The first kappa shape index (κ1) is 17.2. The van der Waals surface area contributed by atoms with Crippen LogP contribution in [0.4, 0.5) is 0 Å². The van der Waals surface area contributed by atoms with Crippen LogP contribution in [0.25, 0.3) is 11.6 Å². The van der Waals surface area contributed by atoms with Crippen molar-refractivity contribution in [2.45, 2.75) is 6.92 Å². The first-order valence-corrected chi connectivity index (χ1v) is 7.55. The van der Waals surface area contributed by atoms with Crippen LogP contribution in [0.5, 0.6) is 0 Å². The number of benzene rings is 2. The van der Waals surface area contributed by atoms with Crippen LogP contribution in [-0.2, 0) is 9.53 Å². The highest BCUT2D eigenvalue weighted by Gasteiger charge is 2.08. The van der Waals surface area contributed by atoms with Gasteiger partial charge in [0.15, 0.2) is 0 Å². The van der Waals surface area contributed by atoms with Gasteiger partial charge >= 0.3 is 11.9 Å². The molecule has 0 saturated heterocycles. The fourth-order valence-electron chi connectivity index (χ4n) is 2.16. The topological polar surface area (TPSA) is 63.6 Å². The maximum Gasteiger partial charge on any atom is 0.338 e. The molecule has 0 aliphatic rings. The Morgan fingerprint density at radius 3 is 2.38 bits per heavy atom. The van der Waals surface area contributed by atoms with Gasteiger partial charge in [0.25, 0.3) is 0 Å². The molecule has 0 aliphatic carbocycles. The number of ether oxygens (including phenoxy) is 1. The van der Waals surface area contributed by atoms with E-state index in [0.717, 1.165) is 17.2 Å². The van der Waals surface area contributed by atoms with Crippen molar-refractivity contribution < 1.29 is 19.4 Å². The zero-order valence-corrected chi connectivity index (χ0v) is 13.3. The summed E-state index contributed by atoms with van der Waals surface area (Å²) in [7, 11) is 0. The molecule has 1 N–H and O–H groups in total. The summed E-state index contributed by atoms with van der Waals surface area (Å²) in [4.78, 5) is 22.7. The number of carboxylic acids is 1. The average molecular weight is 322 g/mol. The summed E-state index contributed by atoms with van der Waals surface area (Å²) < 4.78 is 5.01. The number of esters is 1. The molecule has 0 aromatic heterocycles. The van der Waals surface area contributed by atoms with Gasteiger partial charge in [-0.2, -0.15) is 0 Å². The van der Waals surface area contributed by atoms with Gasteiger partial charge in [-0.25, -0.2) is 9.59 Å². The van der Waals surface area contributed by atoms with Crippen molar-refractivity contribution in [3.8, 4) is 0 Å². The van der Waals surface area contributed by atoms with E-state index in [1.165, 1.54) is 6.08 Å². The van der Waals surface area contributed by atoms with Crippen molar-refractivity contribution in [3.63, 3.8) is 0 Å². The highest BCUT2D eigenvalue weighted by Crippen LogP contribution is 2.21. The summed E-state index contributed by atoms with van der Waals surface area (Å²) >= 11 is 0. The number of carbonyl (C=O) groups is 2. The van der Waals surface area contributed by atoms with E-state index in [4.69, 9.17) is 9.84 Å². The minimum Gasteiger partial charge on any atom is -0.478 e. The molecule has 0 spiro atoms. The molecule has 4 heteroatoms. The molecule has 2 aromatic rings. The fourth-order valence-corrected chi connectivity index (χ4v) is 2.16. The molecule has 2 aromatic carbocycles. The van der Waals surface area contributed by atoms with Gasteiger partial charge in [-0.05, 0) is 47.9 Å². The second-order valence-corrected chi connectivity index (χ2v) is 4.98. The van der Waals surface area contributed by atoms with Gasteiger partial charge in [-0.3, -0.25) is 0 Å². The summed E-state index contributed by atoms with van der Waals surface area (Å²) in [5.74, 6) is -1.43. The lowest BCUT2D eigenvalue weighted by atomic mass is 10.00. The molecule has 2 rings (SSSR count). The minimum absolute atomic E-state index is 0.300. The van der Waals surface area contributed by atoms with Crippen molar-refractivity contribution in [3.05, 3.63) is 83.4 Å². The zero-order valence-electron chi connectivity index (χ0n) is 13.3. The molecule has 0 heterocycles.